The summed E-state index contributed by atoms with van der Waals surface area (Å²) in [6.45, 7) is 6.47. The molecule has 0 radical (unpaired) electrons. The highest BCUT2D eigenvalue weighted by atomic mass is 32.2. The molecule has 0 bridgehead atoms. The van der Waals surface area contributed by atoms with Gasteiger partial charge in [0.2, 0.25) is 10.0 Å². The van der Waals surface area contributed by atoms with Crippen LogP contribution in [0.15, 0.2) is 53.4 Å². The van der Waals surface area contributed by atoms with Crippen LogP contribution in [0, 0.1) is 0 Å². The molecule has 5 nitrogen and oxygen atoms in total. The van der Waals surface area contributed by atoms with Crippen molar-refractivity contribution >= 4 is 10.0 Å². The predicted octanol–water partition coefficient (Wildman–Crippen LogP) is 2.56. The van der Waals surface area contributed by atoms with E-state index in [0.717, 1.165) is 56.0 Å². The van der Waals surface area contributed by atoms with E-state index in [9.17, 15) is 8.42 Å². The van der Waals surface area contributed by atoms with Crippen molar-refractivity contribution in [1.82, 2.24) is 9.62 Å². The number of nitrogens with zero attached hydrogens (tertiary/aromatic N) is 1. The number of morpholine rings is 1. The number of aryl methyl sites for hydroxylation is 1. The van der Waals surface area contributed by atoms with Gasteiger partial charge in [0.15, 0.2) is 0 Å². The molecule has 0 amide bonds. The average molecular weight is 375 g/mol. The van der Waals surface area contributed by atoms with Crippen LogP contribution in [-0.2, 0) is 34.3 Å². The van der Waals surface area contributed by atoms with E-state index in [1.807, 2.05) is 37.3 Å². The van der Waals surface area contributed by atoms with Crippen LogP contribution in [0.1, 0.15) is 23.6 Å². The third kappa shape index (κ3) is 4.92. The minimum Gasteiger partial charge on any atom is -0.379 e. The number of sulfonamides is 1. The van der Waals surface area contributed by atoms with Crippen molar-refractivity contribution in [2.45, 2.75) is 31.3 Å². The molecule has 2 aromatic carbocycles. The van der Waals surface area contributed by atoms with E-state index < -0.39 is 10.0 Å². The molecule has 26 heavy (non-hydrogen) atoms. The number of hydrogen-bond acceptors (Lipinski definition) is 4. The van der Waals surface area contributed by atoms with Gasteiger partial charge in [-0.2, -0.15) is 0 Å². The van der Waals surface area contributed by atoms with E-state index in [2.05, 4.69) is 15.7 Å². The molecule has 0 spiro atoms. The monoisotopic (exact) mass is 374 g/mol. The molecule has 1 N–H and O–H groups in total. The second kappa shape index (κ2) is 8.77. The van der Waals surface area contributed by atoms with Crippen molar-refractivity contribution < 1.29 is 13.2 Å². The van der Waals surface area contributed by atoms with E-state index in [-0.39, 0.29) is 0 Å². The topological polar surface area (TPSA) is 58.6 Å². The van der Waals surface area contributed by atoms with Crippen molar-refractivity contribution in [3.63, 3.8) is 0 Å². The van der Waals surface area contributed by atoms with Gasteiger partial charge in [-0.3, -0.25) is 4.90 Å². The van der Waals surface area contributed by atoms with Gasteiger partial charge >= 0.3 is 0 Å². The summed E-state index contributed by atoms with van der Waals surface area (Å²) in [4.78, 5) is 2.64. The number of benzene rings is 2. The van der Waals surface area contributed by atoms with Crippen LogP contribution in [-0.4, -0.2) is 39.6 Å². The zero-order valence-electron chi connectivity index (χ0n) is 15.1. The molecule has 0 unspecified atom stereocenters. The third-order valence-electron chi connectivity index (χ3n) is 4.71. The summed E-state index contributed by atoms with van der Waals surface area (Å²) in [6.07, 6.45) is 0.892. The largest absolute Gasteiger partial charge is 0.379 e. The minimum atomic E-state index is -3.52. The molecule has 1 heterocycles. The number of rotatable bonds is 7. The lowest BCUT2D eigenvalue weighted by Gasteiger charge is -2.27. The van der Waals surface area contributed by atoms with Crippen LogP contribution in [0.25, 0.3) is 0 Å². The van der Waals surface area contributed by atoms with Gasteiger partial charge in [0.1, 0.15) is 0 Å². The Morgan fingerprint density at radius 1 is 1.00 bits per heavy atom. The maximum Gasteiger partial charge on any atom is 0.240 e. The summed E-state index contributed by atoms with van der Waals surface area (Å²) in [7, 11) is -3.52. The lowest BCUT2D eigenvalue weighted by atomic mass is 10.1. The SMILES string of the molecule is CCc1ccc(S(=O)(=O)NCc2ccccc2CN2CCOCC2)cc1. The first kappa shape index (κ1) is 19.0. The molecule has 3 rings (SSSR count). The molecular formula is C20H26N2O3S. The molecule has 0 aliphatic carbocycles. The van der Waals surface area contributed by atoms with Gasteiger partial charge < -0.3 is 4.74 Å². The number of nitrogens with one attached hydrogen (secondary N) is 1. The summed E-state index contributed by atoms with van der Waals surface area (Å²) >= 11 is 0. The maximum absolute atomic E-state index is 12.6. The molecule has 0 saturated carbocycles. The summed E-state index contributed by atoms with van der Waals surface area (Å²) < 4.78 is 33.3. The fraction of sp³-hybridized carbons (Fsp3) is 0.400. The Labute approximate surface area is 156 Å². The maximum atomic E-state index is 12.6. The second-order valence-electron chi connectivity index (χ2n) is 6.48. The van der Waals surface area contributed by atoms with Crippen LogP contribution in [0.3, 0.4) is 0 Å². The Morgan fingerprint density at radius 3 is 2.31 bits per heavy atom. The molecule has 140 valence electrons. The summed E-state index contributed by atoms with van der Waals surface area (Å²) in [6, 6.07) is 15.1. The minimum absolute atomic E-state index is 0.290. The molecule has 0 aromatic heterocycles. The van der Waals surface area contributed by atoms with Gasteiger partial charge in [0.25, 0.3) is 0 Å². The van der Waals surface area contributed by atoms with Gasteiger partial charge in [0, 0.05) is 26.2 Å². The first-order valence-electron chi connectivity index (χ1n) is 9.04. The van der Waals surface area contributed by atoms with Crippen LogP contribution < -0.4 is 4.72 Å². The third-order valence-corrected chi connectivity index (χ3v) is 6.13. The van der Waals surface area contributed by atoms with Crippen LogP contribution in [0.4, 0.5) is 0 Å². The summed E-state index contributed by atoms with van der Waals surface area (Å²) in [5, 5.41) is 0. The Kier molecular flexibility index (Phi) is 6.43. The zero-order chi connectivity index (χ0) is 18.4. The Balaban J connectivity index is 1.68. The molecule has 1 saturated heterocycles. The van der Waals surface area contributed by atoms with E-state index in [4.69, 9.17) is 4.74 Å². The average Bonchev–Trinajstić information content (AvgIpc) is 2.68. The smallest absolute Gasteiger partial charge is 0.240 e. The van der Waals surface area contributed by atoms with Crippen molar-refractivity contribution in [3.8, 4) is 0 Å². The van der Waals surface area contributed by atoms with E-state index in [0.29, 0.717) is 11.4 Å². The molecule has 2 aromatic rings. The van der Waals surface area contributed by atoms with Gasteiger partial charge in [-0.1, -0.05) is 43.3 Å². The molecule has 6 heteroatoms. The quantitative estimate of drug-likeness (QED) is 0.809. The Hall–Kier alpha value is -1.73. The van der Waals surface area contributed by atoms with Crippen LogP contribution in [0.2, 0.25) is 0 Å². The number of hydrogen-bond donors (Lipinski definition) is 1. The predicted molar refractivity (Wildman–Crippen MR) is 102 cm³/mol. The van der Waals surface area contributed by atoms with Gasteiger partial charge in [0.05, 0.1) is 18.1 Å². The summed E-state index contributed by atoms with van der Waals surface area (Å²) in [5.41, 5.74) is 3.28. The van der Waals surface area contributed by atoms with Gasteiger partial charge in [-0.25, -0.2) is 13.1 Å². The number of ether oxygens (including phenoxy) is 1. The van der Waals surface area contributed by atoms with Crippen molar-refractivity contribution in [1.29, 1.82) is 0 Å². The Bertz CT molecular complexity index is 813. The molecule has 0 atom stereocenters. The highest BCUT2D eigenvalue weighted by molar-refractivity contribution is 7.89. The van der Waals surface area contributed by atoms with E-state index >= 15 is 0 Å². The van der Waals surface area contributed by atoms with E-state index in [1.165, 1.54) is 0 Å². The highest BCUT2D eigenvalue weighted by Crippen LogP contribution is 2.15. The first-order chi connectivity index (χ1) is 12.6. The molecular weight excluding hydrogens is 348 g/mol. The van der Waals surface area contributed by atoms with E-state index in [1.54, 1.807) is 12.1 Å². The normalized spacial score (nSPS) is 15.9. The van der Waals surface area contributed by atoms with Crippen molar-refractivity contribution in [2.24, 2.45) is 0 Å². The lowest BCUT2D eigenvalue weighted by molar-refractivity contribution is 0.0341. The lowest BCUT2D eigenvalue weighted by Crippen LogP contribution is -2.36. The first-order valence-corrected chi connectivity index (χ1v) is 10.5. The standard InChI is InChI=1S/C20H26N2O3S/c1-2-17-7-9-20(10-8-17)26(23,24)21-15-18-5-3-4-6-19(18)16-22-11-13-25-14-12-22/h3-10,21H,2,11-16H2,1H3. The van der Waals surface area contributed by atoms with Crippen LogP contribution in [0.5, 0.6) is 0 Å². The van der Waals surface area contributed by atoms with Crippen molar-refractivity contribution in [3.05, 3.63) is 65.2 Å². The highest BCUT2D eigenvalue weighted by Gasteiger charge is 2.16. The second-order valence-corrected chi connectivity index (χ2v) is 8.25. The van der Waals surface area contributed by atoms with Crippen LogP contribution >= 0.6 is 0 Å². The summed E-state index contributed by atoms with van der Waals surface area (Å²) in [5.74, 6) is 0. The zero-order valence-corrected chi connectivity index (χ0v) is 16.0. The Morgan fingerprint density at radius 2 is 1.65 bits per heavy atom. The van der Waals surface area contributed by atoms with Gasteiger partial charge in [-0.05, 0) is 35.2 Å². The fourth-order valence-electron chi connectivity index (χ4n) is 3.04. The van der Waals surface area contributed by atoms with Crippen molar-refractivity contribution in [2.75, 3.05) is 26.3 Å². The molecule has 1 fully saturated rings. The molecule has 1 aliphatic rings. The van der Waals surface area contributed by atoms with Gasteiger partial charge in [-0.15, -0.1) is 0 Å². The molecule has 1 aliphatic heterocycles. The fourth-order valence-corrected chi connectivity index (χ4v) is 4.05.